The fraction of sp³-hybridized carbons (Fsp3) is 0.667. The fourth-order valence-corrected chi connectivity index (χ4v) is 7.29. The van der Waals surface area contributed by atoms with Crippen LogP contribution in [0.1, 0.15) is 137 Å². The van der Waals surface area contributed by atoms with Gasteiger partial charge in [-0.3, -0.25) is 9.59 Å². The molecule has 0 spiro atoms. The molecule has 2 saturated heterocycles. The SMILES string of the molecule is CCCCCOc1ccc(C(=O)[C@H](CCCC[C@@H](CN2CCCCC2)C(=O)c2ccc(OCCCCC)cc2)CN2CCCCC2)cc1. The van der Waals surface area contributed by atoms with Crippen molar-refractivity contribution in [2.75, 3.05) is 52.5 Å². The zero-order valence-corrected chi connectivity index (χ0v) is 30.3. The molecular formula is C42H64N2O4. The number of likely N-dealkylation sites (tertiary alicyclic amines) is 2. The molecule has 2 atom stereocenters. The largest absolute Gasteiger partial charge is 0.494 e. The number of ether oxygens (including phenoxy) is 2. The number of rotatable bonds is 23. The molecule has 266 valence electrons. The van der Waals surface area contributed by atoms with Crippen molar-refractivity contribution in [3.05, 3.63) is 59.7 Å². The quantitative estimate of drug-likeness (QED) is 0.0874. The number of hydrogen-bond donors (Lipinski definition) is 0. The van der Waals surface area contributed by atoms with Crippen molar-refractivity contribution in [3.8, 4) is 11.5 Å². The minimum absolute atomic E-state index is 0.0273. The summed E-state index contributed by atoms with van der Waals surface area (Å²) in [6.45, 7) is 11.8. The molecule has 6 nitrogen and oxygen atoms in total. The highest BCUT2D eigenvalue weighted by molar-refractivity contribution is 5.98. The van der Waals surface area contributed by atoms with E-state index in [0.29, 0.717) is 0 Å². The third kappa shape index (κ3) is 13.3. The maximum absolute atomic E-state index is 13.9. The third-order valence-corrected chi connectivity index (χ3v) is 10.3. The lowest BCUT2D eigenvalue weighted by Crippen LogP contribution is -2.37. The second-order valence-corrected chi connectivity index (χ2v) is 14.3. The Morgan fingerprint density at radius 3 is 1.27 bits per heavy atom. The highest BCUT2D eigenvalue weighted by atomic mass is 16.5. The summed E-state index contributed by atoms with van der Waals surface area (Å²) >= 11 is 0. The molecule has 0 N–H and O–H groups in total. The van der Waals surface area contributed by atoms with E-state index in [1.807, 2.05) is 48.5 Å². The lowest BCUT2D eigenvalue weighted by molar-refractivity contribution is 0.0833. The van der Waals surface area contributed by atoms with Gasteiger partial charge in [-0.15, -0.1) is 0 Å². The highest BCUT2D eigenvalue weighted by Gasteiger charge is 2.26. The van der Waals surface area contributed by atoms with Gasteiger partial charge in [-0.1, -0.05) is 65.2 Å². The number of carbonyl (C=O) groups is 2. The molecular weight excluding hydrogens is 596 g/mol. The van der Waals surface area contributed by atoms with Crippen molar-refractivity contribution in [1.29, 1.82) is 0 Å². The molecule has 48 heavy (non-hydrogen) atoms. The Balaban J connectivity index is 1.35. The minimum Gasteiger partial charge on any atom is -0.494 e. The van der Waals surface area contributed by atoms with E-state index in [1.54, 1.807) is 0 Å². The topological polar surface area (TPSA) is 59.1 Å². The van der Waals surface area contributed by atoms with E-state index in [1.165, 1.54) is 64.2 Å². The van der Waals surface area contributed by atoms with Gasteiger partial charge in [-0.05, 0) is 126 Å². The molecule has 0 saturated carbocycles. The first-order valence-electron chi connectivity index (χ1n) is 19.6. The Morgan fingerprint density at radius 1 is 0.542 bits per heavy atom. The van der Waals surface area contributed by atoms with E-state index in [0.717, 1.165) is 114 Å². The van der Waals surface area contributed by atoms with Gasteiger partial charge in [0.2, 0.25) is 0 Å². The molecule has 2 aromatic carbocycles. The Hall–Kier alpha value is -2.70. The van der Waals surface area contributed by atoms with Gasteiger partial charge in [0.15, 0.2) is 11.6 Å². The van der Waals surface area contributed by atoms with Crippen LogP contribution in [0, 0.1) is 11.8 Å². The second kappa shape index (κ2) is 22.1. The normalized spacial score (nSPS) is 17.1. The average Bonchev–Trinajstić information content (AvgIpc) is 3.13. The van der Waals surface area contributed by atoms with Crippen LogP contribution in [0.2, 0.25) is 0 Å². The standard InChI is InChI=1S/C42H64N2O4/c1-3-5-15-31-47-39-23-19-35(20-24-39)41(45)37(33-43-27-11-7-12-28-43)17-9-10-18-38(34-44-29-13-8-14-30-44)42(46)36-21-25-40(26-22-36)48-32-16-6-4-2/h19-26,37-38H,3-18,27-34H2,1-2H3/t37-,38+. The summed E-state index contributed by atoms with van der Waals surface area (Å²) in [4.78, 5) is 32.8. The van der Waals surface area contributed by atoms with Crippen LogP contribution in [-0.2, 0) is 0 Å². The van der Waals surface area contributed by atoms with E-state index in [4.69, 9.17) is 9.47 Å². The van der Waals surface area contributed by atoms with E-state index < -0.39 is 0 Å². The molecule has 2 aliphatic rings. The van der Waals surface area contributed by atoms with Crippen LogP contribution in [-0.4, -0.2) is 73.8 Å². The van der Waals surface area contributed by atoms with Gasteiger partial charge in [0, 0.05) is 36.1 Å². The minimum atomic E-state index is -0.0273. The van der Waals surface area contributed by atoms with Gasteiger partial charge in [0.05, 0.1) is 13.2 Å². The number of ketones is 2. The van der Waals surface area contributed by atoms with Crippen LogP contribution in [0.15, 0.2) is 48.5 Å². The molecule has 0 aliphatic carbocycles. The monoisotopic (exact) mass is 660 g/mol. The van der Waals surface area contributed by atoms with Crippen LogP contribution < -0.4 is 9.47 Å². The second-order valence-electron chi connectivity index (χ2n) is 14.3. The van der Waals surface area contributed by atoms with Gasteiger partial charge in [-0.2, -0.15) is 0 Å². The molecule has 2 aromatic rings. The fourth-order valence-electron chi connectivity index (χ4n) is 7.29. The first-order valence-corrected chi connectivity index (χ1v) is 19.6. The van der Waals surface area contributed by atoms with E-state index in [9.17, 15) is 9.59 Å². The lowest BCUT2D eigenvalue weighted by atomic mass is 9.88. The molecule has 2 heterocycles. The Labute approximate surface area is 291 Å². The van der Waals surface area contributed by atoms with E-state index >= 15 is 0 Å². The average molecular weight is 661 g/mol. The zero-order chi connectivity index (χ0) is 33.8. The first kappa shape index (κ1) is 38.1. The van der Waals surface area contributed by atoms with Gasteiger partial charge >= 0.3 is 0 Å². The Morgan fingerprint density at radius 2 is 0.917 bits per heavy atom. The van der Waals surface area contributed by atoms with Crippen molar-refractivity contribution in [2.24, 2.45) is 11.8 Å². The van der Waals surface area contributed by atoms with Crippen LogP contribution in [0.4, 0.5) is 0 Å². The van der Waals surface area contributed by atoms with Crippen LogP contribution in [0.25, 0.3) is 0 Å². The lowest BCUT2D eigenvalue weighted by Gasteiger charge is -2.31. The van der Waals surface area contributed by atoms with E-state index in [2.05, 4.69) is 23.6 Å². The zero-order valence-electron chi connectivity index (χ0n) is 30.3. The maximum Gasteiger partial charge on any atom is 0.167 e. The Kier molecular flexibility index (Phi) is 17.5. The summed E-state index contributed by atoms with van der Waals surface area (Å²) in [6, 6.07) is 15.6. The van der Waals surface area contributed by atoms with Crippen molar-refractivity contribution >= 4 is 11.6 Å². The summed E-state index contributed by atoms with van der Waals surface area (Å²) in [6.07, 6.45) is 17.9. The maximum atomic E-state index is 13.9. The molecule has 0 radical (unpaired) electrons. The highest BCUT2D eigenvalue weighted by Crippen LogP contribution is 2.25. The molecule has 2 aliphatic heterocycles. The van der Waals surface area contributed by atoms with Crippen LogP contribution in [0.3, 0.4) is 0 Å². The molecule has 2 fully saturated rings. The van der Waals surface area contributed by atoms with Crippen molar-refractivity contribution in [1.82, 2.24) is 9.80 Å². The summed E-state index contributed by atoms with van der Waals surface area (Å²) < 4.78 is 11.8. The predicted molar refractivity (Wildman–Crippen MR) is 198 cm³/mol. The number of unbranched alkanes of at least 4 members (excludes halogenated alkanes) is 5. The van der Waals surface area contributed by atoms with Gasteiger partial charge in [-0.25, -0.2) is 0 Å². The van der Waals surface area contributed by atoms with Gasteiger partial charge < -0.3 is 19.3 Å². The molecule has 4 rings (SSSR count). The van der Waals surface area contributed by atoms with Gasteiger partial charge in [0.25, 0.3) is 0 Å². The first-order chi connectivity index (χ1) is 23.6. The summed E-state index contributed by atoms with van der Waals surface area (Å²) in [5.41, 5.74) is 1.57. The van der Waals surface area contributed by atoms with Crippen molar-refractivity contribution in [3.63, 3.8) is 0 Å². The number of hydrogen-bond acceptors (Lipinski definition) is 6. The number of carbonyl (C=O) groups excluding carboxylic acids is 2. The number of nitrogens with zero attached hydrogens (tertiary/aromatic N) is 2. The Bertz CT molecular complexity index is 1080. The van der Waals surface area contributed by atoms with Crippen molar-refractivity contribution in [2.45, 2.75) is 117 Å². The summed E-state index contributed by atoms with van der Waals surface area (Å²) in [7, 11) is 0. The number of piperidine rings is 2. The van der Waals surface area contributed by atoms with E-state index in [-0.39, 0.29) is 23.4 Å². The summed E-state index contributed by atoms with van der Waals surface area (Å²) in [5.74, 6) is 2.12. The number of Topliss-reactive ketones (excluding diaryl/α,β-unsaturated/α-hetero) is 2. The van der Waals surface area contributed by atoms with Crippen LogP contribution >= 0.6 is 0 Å². The molecule has 0 amide bonds. The van der Waals surface area contributed by atoms with Crippen LogP contribution in [0.5, 0.6) is 11.5 Å². The molecule has 0 bridgehead atoms. The molecule has 6 heteroatoms. The predicted octanol–water partition coefficient (Wildman–Crippen LogP) is 9.65. The van der Waals surface area contributed by atoms with Crippen molar-refractivity contribution < 1.29 is 19.1 Å². The van der Waals surface area contributed by atoms with Gasteiger partial charge in [0.1, 0.15) is 11.5 Å². The summed E-state index contributed by atoms with van der Waals surface area (Å²) in [5, 5.41) is 0. The third-order valence-electron chi connectivity index (χ3n) is 10.3. The molecule has 0 unspecified atom stereocenters. The number of benzene rings is 2. The smallest absolute Gasteiger partial charge is 0.167 e. The molecule has 0 aromatic heterocycles.